The molecule has 1 aliphatic rings. The van der Waals surface area contributed by atoms with Crippen LogP contribution in [0.2, 0.25) is 0 Å². The van der Waals surface area contributed by atoms with Crippen molar-refractivity contribution >= 4 is 0 Å². The topological polar surface area (TPSA) is 38.5 Å². The first-order valence-electron chi connectivity index (χ1n) is 11.0. The molecule has 4 rings (SSSR count). The number of aromatic nitrogens is 1. The van der Waals surface area contributed by atoms with Crippen molar-refractivity contribution < 1.29 is 22.3 Å². The van der Waals surface area contributed by atoms with Gasteiger partial charge in [-0.3, -0.25) is 0 Å². The smallest absolute Gasteiger partial charge is 0.441 e. The van der Waals surface area contributed by atoms with E-state index in [0.29, 0.717) is 11.9 Å². The van der Waals surface area contributed by atoms with Gasteiger partial charge < -0.3 is 14.1 Å². The van der Waals surface area contributed by atoms with Gasteiger partial charge in [0.2, 0.25) is 5.89 Å². The maximum Gasteiger partial charge on any atom is 0.573 e. The van der Waals surface area contributed by atoms with E-state index >= 15 is 0 Å². The van der Waals surface area contributed by atoms with E-state index in [2.05, 4.69) is 16.6 Å². The van der Waals surface area contributed by atoms with Crippen molar-refractivity contribution in [3.63, 3.8) is 0 Å². The molecule has 1 aliphatic heterocycles. The highest BCUT2D eigenvalue weighted by molar-refractivity contribution is 5.68. The molecule has 0 radical (unpaired) electrons. The van der Waals surface area contributed by atoms with Crippen LogP contribution >= 0.6 is 0 Å². The van der Waals surface area contributed by atoms with Gasteiger partial charge in [-0.2, -0.15) is 0 Å². The van der Waals surface area contributed by atoms with Crippen LogP contribution in [0.25, 0.3) is 22.6 Å². The molecule has 4 nitrogen and oxygen atoms in total. The van der Waals surface area contributed by atoms with Crippen LogP contribution in [0.4, 0.5) is 13.2 Å². The van der Waals surface area contributed by atoms with Crippen LogP contribution in [0.1, 0.15) is 37.6 Å². The molecule has 1 fully saturated rings. The van der Waals surface area contributed by atoms with Gasteiger partial charge in [0.25, 0.3) is 0 Å². The summed E-state index contributed by atoms with van der Waals surface area (Å²) in [6.07, 6.45) is -0.166. The van der Waals surface area contributed by atoms with E-state index in [1.807, 2.05) is 31.2 Å². The third-order valence-electron chi connectivity index (χ3n) is 6.00. The zero-order chi connectivity index (χ0) is 22.7. The van der Waals surface area contributed by atoms with Crippen molar-refractivity contribution in [3.8, 4) is 28.3 Å². The fraction of sp³-hybridized carbons (Fsp3) is 0.400. The van der Waals surface area contributed by atoms with Crippen molar-refractivity contribution in [3.05, 3.63) is 60.0 Å². The van der Waals surface area contributed by atoms with Crippen molar-refractivity contribution in [2.45, 2.75) is 51.9 Å². The van der Waals surface area contributed by atoms with Gasteiger partial charge in [-0.1, -0.05) is 24.3 Å². The Morgan fingerprint density at radius 3 is 2.25 bits per heavy atom. The summed E-state index contributed by atoms with van der Waals surface area (Å²) in [5, 5.41) is 0. The quantitative estimate of drug-likeness (QED) is 0.410. The largest absolute Gasteiger partial charge is 0.573 e. The molecular formula is C25H27F3N2O2. The number of benzene rings is 2. The molecular weight excluding hydrogens is 417 g/mol. The Kier molecular flexibility index (Phi) is 6.55. The van der Waals surface area contributed by atoms with Gasteiger partial charge in [0, 0.05) is 11.6 Å². The maximum absolute atomic E-state index is 12.3. The minimum absolute atomic E-state index is 0.236. The average molecular weight is 444 g/mol. The molecule has 0 saturated carbocycles. The number of hydrogen-bond donors (Lipinski definition) is 0. The van der Waals surface area contributed by atoms with E-state index in [0.717, 1.165) is 47.5 Å². The predicted octanol–water partition coefficient (Wildman–Crippen LogP) is 6.63. The number of alkyl halides is 3. The highest BCUT2D eigenvalue weighted by Gasteiger charge is 2.31. The van der Waals surface area contributed by atoms with E-state index < -0.39 is 6.36 Å². The highest BCUT2D eigenvalue weighted by atomic mass is 19.4. The molecule has 0 bridgehead atoms. The lowest BCUT2D eigenvalue weighted by Crippen LogP contribution is -2.28. The Hall–Kier alpha value is -2.80. The van der Waals surface area contributed by atoms with Gasteiger partial charge in [0.05, 0.1) is 5.69 Å². The number of ether oxygens (including phenoxy) is 1. The minimum atomic E-state index is -4.69. The average Bonchev–Trinajstić information content (AvgIpc) is 3.33. The van der Waals surface area contributed by atoms with Gasteiger partial charge in [0.15, 0.2) is 0 Å². The van der Waals surface area contributed by atoms with Gasteiger partial charge in [-0.25, -0.2) is 4.98 Å². The lowest BCUT2D eigenvalue weighted by atomic mass is 10.0. The third-order valence-corrected chi connectivity index (χ3v) is 6.00. The molecule has 170 valence electrons. The molecule has 2 aromatic carbocycles. The van der Waals surface area contributed by atoms with Crippen LogP contribution in [0.3, 0.4) is 0 Å². The summed E-state index contributed by atoms with van der Waals surface area (Å²) in [5.41, 5.74) is 3.55. The minimum Gasteiger partial charge on any atom is -0.441 e. The summed E-state index contributed by atoms with van der Waals surface area (Å²) in [6, 6.07) is 14.1. The molecule has 0 amide bonds. The summed E-state index contributed by atoms with van der Waals surface area (Å²) >= 11 is 0. The number of aryl methyl sites for hydroxylation is 2. The van der Waals surface area contributed by atoms with Crippen LogP contribution in [0.15, 0.2) is 52.9 Å². The van der Waals surface area contributed by atoms with Gasteiger partial charge in [0.1, 0.15) is 11.5 Å². The Bertz CT molecular complexity index is 1030. The van der Waals surface area contributed by atoms with Gasteiger partial charge in [-0.05, 0) is 88.0 Å². The van der Waals surface area contributed by atoms with E-state index in [1.165, 1.54) is 31.5 Å². The number of nitrogens with zero attached hydrogens (tertiary/aromatic N) is 2. The maximum atomic E-state index is 12.3. The van der Waals surface area contributed by atoms with Gasteiger partial charge in [-0.15, -0.1) is 13.2 Å². The SMILES string of the molecule is Cc1oc(-c2ccc(-c3ccc(OC(F)(F)F)cc3)cc2)nc1CCCN1CCC[C@H]1C. The number of oxazole rings is 1. The Labute approximate surface area is 186 Å². The number of halogens is 3. The summed E-state index contributed by atoms with van der Waals surface area (Å²) < 4.78 is 46.8. The molecule has 0 spiro atoms. The lowest BCUT2D eigenvalue weighted by Gasteiger charge is -2.20. The van der Waals surface area contributed by atoms with E-state index in [9.17, 15) is 13.2 Å². The van der Waals surface area contributed by atoms with Crippen molar-refractivity contribution in [2.75, 3.05) is 13.1 Å². The fourth-order valence-electron chi connectivity index (χ4n) is 4.21. The van der Waals surface area contributed by atoms with Gasteiger partial charge >= 0.3 is 6.36 Å². The molecule has 32 heavy (non-hydrogen) atoms. The number of likely N-dealkylation sites (tertiary alicyclic amines) is 1. The standard InChI is InChI=1S/C25H27F3N2O2/c1-17-5-3-15-30(17)16-4-6-23-18(2)31-24(29-23)21-9-7-19(8-10-21)20-11-13-22(14-12-20)32-25(26,27)28/h7-14,17H,3-6,15-16H2,1-2H3/t17-/m1/s1. The molecule has 0 unspecified atom stereocenters. The molecule has 1 saturated heterocycles. The monoisotopic (exact) mass is 444 g/mol. The molecule has 0 aliphatic carbocycles. The van der Waals surface area contributed by atoms with E-state index in [-0.39, 0.29) is 5.75 Å². The Balaban J connectivity index is 1.39. The molecule has 3 aromatic rings. The molecule has 0 N–H and O–H groups in total. The van der Waals surface area contributed by atoms with Crippen LogP contribution in [-0.4, -0.2) is 35.4 Å². The fourth-order valence-corrected chi connectivity index (χ4v) is 4.21. The lowest BCUT2D eigenvalue weighted by molar-refractivity contribution is -0.274. The van der Waals surface area contributed by atoms with Crippen molar-refractivity contribution in [1.82, 2.24) is 9.88 Å². The second-order valence-electron chi connectivity index (χ2n) is 8.30. The predicted molar refractivity (Wildman–Crippen MR) is 117 cm³/mol. The highest BCUT2D eigenvalue weighted by Crippen LogP contribution is 2.29. The van der Waals surface area contributed by atoms with Crippen LogP contribution in [0, 0.1) is 6.92 Å². The zero-order valence-electron chi connectivity index (χ0n) is 18.3. The molecule has 1 atom stereocenters. The summed E-state index contributed by atoms with van der Waals surface area (Å²) in [7, 11) is 0. The second kappa shape index (κ2) is 9.36. The summed E-state index contributed by atoms with van der Waals surface area (Å²) in [4.78, 5) is 7.24. The third kappa shape index (κ3) is 5.51. The first kappa shape index (κ1) is 22.4. The summed E-state index contributed by atoms with van der Waals surface area (Å²) in [6.45, 7) is 6.52. The first-order chi connectivity index (χ1) is 15.3. The first-order valence-corrected chi connectivity index (χ1v) is 11.0. The Morgan fingerprint density at radius 1 is 1.03 bits per heavy atom. The van der Waals surface area contributed by atoms with Crippen LogP contribution in [-0.2, 0) is 6.42 Å². The zero-order valence-corrected chi connectivity index (χ0v) is 18.3. The van der Waals surface area contributed by atoms with E-state index in [1.54, 1.807) is 12.1 Å². The van der Waals surface area contributed by atoms with Crippen LogP contribution in [0.5, 0.6) is 5.75 Å². The van der Waals surface area contributed by atoms with E-state index in [4.69, 9.17) is 9.40 Å². The van der Waals surface area contributed by atoms with Crippen molar-refractivity contribution in [2.24, 2.45) is 0 Å². The summed E-state index contributed by atoms with van der Waals surface area (Å²) in [5.74, 6) is 1.20. The molecule has 7 heteroatoms. The second-order valence-corrected chi connectivity index (χ2v) is 8.30. The van der Waals surface area contributed by atoms with Crippen molar-refractivity contribution in [1.29, 1.82) is 0 Å². The number of rotatable bonds is 7. The Morgan fingerprint density at radius 2 is 1.66 bits per heavy atom. The molecule has 2 heterocycles. The molecule has 1 aromatic heterocycles. The number of hydrogen-bond acceptors (Lipinski definition) is 4. The van der Waals surface area contributed by atoms with Crippen LogP contribution < -0.4 is 4.74 Å². The normalized spacial score (nSPS) is 17.1.